The lowest BCUT2D eigenvalue weighted by atomic mass is 10.0. The molecule has 0 bridgehead atoms. The smallest absolute Gasteiger partial charge is 0.345 e. The second kappa shape index (κ2) is 5.23. The number of aliphatic carboxylic acids is 1. The highest BCUT2D eigenvalue weighted by atomic mass is 35.5. The van der Waals surface area contributed by atoms with Gasteiger partial charge in [-0.1, -0.05) is 29.3 Å². The van der Waals surface area contributed by atoms with Crippen LogP contribution in [0.2, 0.25) is 10.0 Å². The lowest BCUT2D eigenvalue weighted by molar-refractivity contribution is -0.144. The van der Waals surface area contributed by atoms with Crippen LogP contribution in [0.1, 0.15) is 22.8 Å². The molecule has 0 spiro atoms. The van der Waals surface area contributed by atoms with Gasteiger partial charge in [0.25, 0.3) is 0 Å². The van der Waals surface area contributed by atoms with E-state index in [1.165, 1.54) is 12.1 Å². The molecule has 0 saturated heterocycles. The van der Waals surface area contributed by atoms with Gasteiger partial charge in [0.2, 0.25) is 0 Å². The van der Waals surface area contributed by atoms with Crippen molar-refractivity contribution in [3.63, 3.8) is 0 Å². The third-order valence-electron chi connectivity index (χ3n) is 2.76. The Morgan fingerprint density at radius 2 is 2.11 bits per heavy atom. The SMILES string of the molecule is CC=CC(=O)c1cc2c(c(Cl)c1Cl)OC(C(=O)O)C2. The van der Waals surface area contributed by atoms with Crippen LogP contribution in [-0.2, 0) is 11.2 Å². The Labute approximate surface area is 119 Å². The number of carbonyl (C=O) groups is 2. The highest BCUT2D eigenvalue weighted by molar-refractivity contribution is 6.45. The van der Waals surface area contributed by atoms with Crippen molar-refractivity contribution in [2.24, 2.45) is 0 Å². The summed E-state index contributed by atoms with van der Waals surface area (Å²) in [5.41, 5.74) is 0.827. The van der Waals surface area contributed by atoms with Gasteiger partial charge in [-0.05, 0) is 19.1 Å². The fourth-order valence-corrected chi connectivity index (χ4v) is 2.38. The molecule has 1 aliphatic heterocycles. The van der Waals surface area contributed by atoms with Crippen LogP contribution in [0, 0.1) is 0 Å². The first-order chi connectivity index (χ1) is 8.95. The van der Waals surface area contributed by atoms with E-state index in [9.17, 15) is 9.59 Å². The Morgan fingerprint density at radius 3 is 2.68 bits per heavy atom. The molecule has 19 heavy (non-hydrogen) atoms. The number of benzene rings is 1. The molecule has 2 rings (SSSR count). The minimum Gasteiger partial charge on any atom is -0.478 e. The Bertz CT molecular complexity index is 593. The topological polar surface area (TPSA) is 63.6 Å². The number of hydrogen-bond acceptors (Lipinski definition) is 3. The van der Waals surface area contributed by atoms with Crippen molar-refractivity contribution in [3.8, 4) is 5.75 Å². The molecule has 4 nitrogen and oxygen atoms in total. The lowest BCUT2D eigenvalue weighted by Crippen LogP contribution is -2.24. The number of ether oxygens (including phenoxy) is 1. The Kier molecular flexibility index (Phi) is 3.83. The zero-order chi connectivity index (χ0) is 14.2. The number of halogens is 2. The summed E-state index contributed by atoms with van der Waals surface area (Å²) in [6.45, 7) is 1.71. The number of fused-ring (bicyclic) bond motifs is 1. The molecule has 0 amide bonds. The molecule has 1 aromatic rings. The molecule has 6 heteroatoms. The molecule has 0 aliphatic carbocycles. The number of rotatable bonds is 3. The molecule has 100 valence electrons. The van der Waals surface area contributed by atoms with Crippen LogP contribution in [0.3, 0.4) is 0 Å². The maximum absolute atomic E-state index is 11.8. The minimum absolute atomic E-state index is 0.0783. The molecule has 1 aromatic carbocycles. The highest BCUT2D eigenvalue weighted by Crippen LogP contribution is 2.42. The summed E-state index contributed by atoms with van der Waals surface area (Å²) in [5, 5.41) is 9.09. The van der Waals surface area contributed by atoms with Crippen LogP contribution < -0.4 is 4.74 Å². The number of carboxylic acids is 1. The molecule has 1 heterocycles. The van der Waals surface area contributed by atoms with Crippen molar-refractivity contribution in [1.29, 1.82) is 0 Å². The molecule has 1 unspecified atom stereocenters. The Hall–Kier alpha value is -1.52. The summed E-state index contributed by atoms with van der Waals surface area (Å²) in [6.07, 6.45) is 2.14. The van der Waals surface area contributed by atoms with E-state index in [1.54, 1.807) is 13.0 Å². The van der Waals surface area contributed by atoms with Crippen LogP contribution in [0.15, 0.2) is 18.2 Å². The van der Waals surface area contributed by atoms with Crippen LogP contribution in [0.4, 0.5) is 0 Å². The zero-order valence-corrected chi connectivity index (χ0v) is 11.5. The monoisotopic (exact) mass is 300 g/mol. The number of allylic oxidation sites excluding steroid dienone is 2. The standard InChI is InChI=1S/C13H10Cl2O4/c1-2-3-8(16)7-4-6-5-9(13(17)18)19-12(6)11(15)10(7)14/h2-4,9H,5H2,1H3,(H,17,18). The molecular formula is C13H10Cl2O4. The largest absolute Gasteiger partial charge is 0.478 e. The maximum Gasteiger partial charge on any atom is 0.345 e. The van der Waals surface area contributed by atoms with E-state index in [2.05, 4.69) is 0 Å². The van der Waals surface area contributed by atoms with Crippen LogP contribution in [0.25, 0.3) is 0 Å². The first-order valence-corrected chi connectivity index (χ1v) is 6.28. The Balaban J connectivity index is 2.49. The van der Waals surface area contributed by atoms with Gasteiger partial charge < -0.3 is 9.84 Å². The summed E-state index contributed by atoms with van der Waals surface area (Å²) < 4.78 is 5.23. The number of carboxylic acid groups (broad SMARTS) is 1. The summed E-state index contributed by atoms with van der Waals surface area (Å²) in [4.78, 5) is 22.8. The lowest BCUT2D eigenvalue weighted by Gasteiger charge is -2.08. The van der Waals surface area contributed by atoms with Crippen LogP contribution in [-0.4, -0.2) is 23.0 Å². The summed E-state index contributed by atoms with van der Waals surface area (Å²) in [6, 6.07) is 1.54. The second-order valence-corrected chi connectivity index (χ2v) is 4.81. The quantitative estimate of drug-likeness (QED) is 0.688. The molecule has 0 fully saturated rings. The number of hydrogen-bond donors (Lipinski definition) is 1. The van der Waals surface area contributed by atoms with E-state index in [4.69, 9.17) is 33.0 Å². The van der Waals surface area contributed by atoms with Gasteiger partial charge in [-0.25, -0.2) is 4.79 Å². The minimum atomic E-state index is -1.08. The second-order valence-electron chi connectivity index (χ2n) is 4.05. The van der Waals surface area contributed by atoms with Gasteiger partial charge in [-0.15, -0.1) is 0 Å². The fraction of sp³-hybridized carbons (Fsp3) is 0.231. The van der Waals surface area contributed by atoms with Crippen LogP contribution >= 0.6 is 23.2 Å². The van der Waals surface area contributed by atoms with Crippen molar-refractivity contribution in [1.82, 2.24) is 0 Å². The average Bonchev–Trinajstić information content (AvgIpc) is 2.78. The van der Waals surface area contributed by atoms with Crippen molar-refractivity contribution in [2.45, 2.75) is 19.4 Å². The van der Waals surface area contributed by atoms with Gasteiger partial charge in [0.15, 0.2) is 11.9 Å². The van der Waals surface area contributed by atoms with Gasteiger partial charge in [0, 0.05) is 17.5 Å². The summed E-state index contributed by atoms with van der Waals surface area (Å²) in [7, 11) is 0. The molecule has 0 saturated carbocycles. The first kappa shape index (κ1) is 13.9. The molecule has 1 N–H and O–H groups in total. The molecular weight excluding hydrogens is 291 g/mol. The van der Waals surface area contributed by atoms with E-state index in [-0.39, 0.29) is 33.6 Å². The predicted octanol–water partition coefficient (Wildman–Crippen LogP) is 3.14. The third kappa shape index (κ3) is 2.46. The van der Waals surface area contributed by atoms with E-state index in [0.717, 1.165) is 0 Å². The molecule has 0 radical (unpaired) electrons. The van der Waals surface area contributed by atoms with Gasteiger partial charge in [-0.2, -0.15) is 0 Å². The van der Waals surface area contributed by atoms with Gasteiger partial charge >= 0.3 is 5.97 Å². The molecule has 1 aliphatic rings. The zero-order valence-electron chi connectivity index (χ0n) is 9.94. The highest BCUT2D eigenvalue weighted by Gasteiger charge is 2.33. The van der Waals surface area contributed by atoms with E-state index >= 15 is 0 Å². The average molecular weight is 301 g/mol. The van der Waals surface area contributed by atoms with Gasteiger partial charge in [0.05, 0.1) is 5.02 Å². The van der Waals surface area contributed by atoms with Crippen LogP contribution in [0.5, 0.6) is 5.75 Å². The van der Waals surface area contributed by atoms with E-state index < -0.39 is 12.1 Å². The first-order valence-electron chi connectivity index (χ1n) is 5.53. The van der Waals surface area contributed by atoms with Gasteiger partial charge in [-0.3, -0.25) is 4.79 Å². The summed E-state index contributed by atoms with van der Waals surface area (Å²) in [5.74, 6) is -1.11. The molecule has 1 atom stereocenters. The Morgan fingerprint density at radius 1 is 1.42 bits per heavy atom. The van der Waals surface area contributed by atoms with Gasteiger partial charge in [0.1, 0.15) is 10.8 Å². The summed E-state index contributed by atoms with van der Waals surface area (Å²) >= 11 is 12.1. The van der Waals surface area contributed by atoms with Crippen molar-refractivity contribution < 1.29 is 19.4 Å². The van der Waals surface area contributed by atoms with E-state index in [0.29, 0.717) is 5.56 Å². The maximum atomic E-state index is 11.8. The van der Waals surface area contributed by atoms with Crippen molar-refractivity contribution in [3.05, 3.63) is 39.4 Å². The third-order valence-corrected chi connectivity index (χ3v) is 3.61. The van der Waals surface area contributed by atoms with Crippen molar-refractivity contribution >= 4 is 35.0 Å². The number of ketones is 1. The van der Waals surface area contributed by atoms with Crippen molar-refractivity contribution in [2.75, 3.05) is 0 Å². The number of carbonyl (C=O) groups excluding carboxylic acids is 1. The molecule has 0 aromatic heterocycles. The predicted molar refractivity (Wildman–Crippen MR) is 71.4 cm³/mol. The fourth-order valence-electron chi connectivity index (χ4n) is 1.88. The van der Waals surface area contributed by atoms with E-state index in [1.807, 2.05) is 0 Å². The normalized spacial score (nSPS) is 17.3.